The Morgan fingerprint density at radius 1 is 1.20 bits per heavy atom. The number of anilines is 1. The second-order valence-corrected chi connectivity index (χ2v) is 7.66. The molecule has 8 heteroatoms. The number of halogens is 1. The summed E-state index contributed by atoms with van der Waals surface area (Å²) in [7, 11) is 2.12. The minimum Gasteiger partial charge on any atom is -0.375 e. The normalized spacial score (nSPS) is 19.4. The minimum absolute atomic E-state index is 0. The molecule has 1 atom stereocenters. The van der Waals surface area contributed by atoms with Crippen LogP contribution in [-0.2, 0) is 9.53 Å². The number of carbonyl (C=O) groups is 1. The highest BCUT2D eigenvalue weighted by molar-refractivity contribution is 14.0. The fraction of sp³-hybridized carbons (Fsp3) is 0.636. The van der Waals surface area contributed by atoms with Gasteiger partial charge in [0.1, 0.15) is 6.10 Å². The van der Waals surface area contributed by atoms with Gasteiger partial charge in [0.15, 0.2) is 5.96 Å². The van der Waals surface area contributed by atoms with E-state index in [0.717, 1.165) is 71.0 Å². The second-order valence-electron chi connectivity index (χ2n) is 7.66. The van der Waals surface area contributed by atoms with Crippen LogP contribution in [0.25, 0.3) is 0 Å². The molecule has 7 nitrogen and oxygen atoms in total. The van der Waals surface area contributed by atoms with Crippen molar-refractivity contribution < 1.29 is 9.53 Å². The largest absolute Gasteiger partial charge is 0.375 e. The van der Waals surface area contributed by atoms with Crippen LogP contribution in [0.2, 0.25) is 0 Å². The summed E-state index contributed by atoms with van der Waals surface area (Å²) in [5.74, 6) is 1.12. The van der Waals surface area contributed by atoms with Gasteiger partial charge in [0.25, 0.3) is 5.91 Å². The first-order valence-electron chi connectivity index (χ1n) is 10.9. The Kier molecular flexibility index (Phi) is 10.7. The SMILES string of the molecule is CCNC(=NCCCN(C)c1ccccc1)N1CCN(C(=O)C2CCCO2)CC1.I. The van der Waals surface area contributed by atoms with Crippen LogP contribution in [0.5, 0.6) is 0 Å². The van der Waals surface area contributed by atoms with Gasteiger partial charge in [-0.1, -0.05) is 18.2 Å². The Labute approximate surface area is 197 Å². The third-order valence-corrected chi connectivity index (χ3v) is 5.54. The fourth-order valence-corrected chi connectivity index (χ4v) is 3.84. The maximum absolute atomic E-state index is 12.5. The van der Waals surface area contributed by atoms with Crippen molar-refractivity contribution in [1.29, 1.82) is 0 Å². The topological polar surface area (TPSA) is 60.4 Å². The first-order chi connectivity index (χ1) is 14.2. The molecule has 1 N–H and O–H groups in total. The summed E-state index contributed by atoms with van der Waals surface area (Å²) < 4.78 is 5.55. The Balaban J connectivity index is 0.00000320. The molecule has 3 rings (SSSR count). The molecule has 2 heterocycles. The lowest BCUT2D eigenvalue weighted by Gasteiger charge is -2.37. The van der Waals surface area contributed by atoms with Crippen molar-refractivity contribution in [2.24, 2.45) is 4.99 Å². The van der Waals surface area contributed by atoms with Crippen molar-refractivity contribution in [2.75, 3.05) is 64.4 Å². The van der Waals surface area contributed by atoms with E-state index in [-0.39, 0.29) is 36.0 Å². The monoisotopic (exact) mass is 529 g/mol. The molecule has 2 fully saturated rings. The predicted octanol–water partition coefficient (Wildman–Crippen LogP) is 2.42. The Morgan fingerprint density at radius 2 is 1.90 bits per heavy atom. The van der Waals surface area contributed by atoms with Gasteiger partial charge < -0.3 is 24.8 Å². The van der Waals surface area contributed by atoms with E-state index < -0.39 is 0 Å². The van der Waals surface area contributed by atoms with Crippen molar-refractivity contribution in [1.82, 2.24) is 15.1 Å². The van der Waals surface area contributed by atoms with Crippen LogP contribution in [0.3, 0.4) is 0 Å². The van der Waals surface area contributed by atoms with E-state index >= 15 is 0 Å². The van der Waals surface area contributed by atoms with E-state index in [4.69, 9.17) is 9.73 Å². The van der Waals surface area contributed by atoms with Crippen molar-refractivity contribution in [3.63, 3.8) is 0 Å². The van der Waals surface area contributed by atoms with Crippen LogP contribution in [0.1, 0.15) is 26.2 Å². The highest BCUT2D eigenvalue weighted by Crippen LogP contribution is 2.16. The van der Waals surface area contributed by atoms with Gasteiger partial charge in [-0.25, -0.2) is 0 Å². The molecule has 1 aromatic rings. The molecule has 30 heavy (non-hydrogen) atoms. The number of para-hydroxylation sites is 1. The number of nitrogens with one attached hydrogen (secondary N) is 1. The maximum Gasteiger partial charge on any atom is 0.251 e. The van der Waals surface area contributed by atoms with Gasteiger partial charge in [-0.2, -0.15) is 0 Å². The van der Waals surface area contributed by atoms with Crippen molar-refractivity contribution >= 4 is 41.5 Å². The molecule has 1 aromatic carbocycles. The molecule has 0 spiro atoms. The van der Waals surface area contributed by atoms with Gasteiger partial charge in [0, 0.05) is 65.2 Å². The Bertz CT molecular complexity index is 659. The summed E-state index contributed by atoms with van der Waals surface area (Å²) in [5.41, 5.74) is 1.23. The molecule has 0 aromatic heterocycles. The number of amides is 1. The molecule has 0 radical (unpaired) electrons. The molecule has 2 aliphatic rings. The summed E-state index contributed by atoms with van der Waals surface area (Å²) in [6.45, 7) is 8.51. The summed E-state index contributed by atoms with van der Waals surface area (Å²) >= 11 is 0. The van der Waals surface area contributed by atoms with Crippen LogP contribution in [0, 0.1) is 0 Å². The van der Waals surface area contributed by atoms with Gasteiger partial charge >= 0.3 is 0 Å². The average molecular weight is 529 g/mol. The number of piperazine rings is 1. The van der Waals surface area contributed by atoms with Gasteiger partial charge in [0.2, 0.25) is 0 Å². The van der Waals surface area contributed by atoms with Crippen LogP contribution in [-0.4, -0.2) is 87.2 Å². The molecular formula is C22H36IN5O2. The highest BCUT2D eigenvalue weighted by atomic mass is 127. The number of hydrogen-bond donors (Lipinski definition) is 1. The zero-order chi connectivity index (χ0) is 20.5. The van der Waals surface area contributed by atoms with Gasteiger partial charge in [0.05, 0.1) is 0 Å². The van der Waals surface area contributed by atoms with Crippen LogP contribution in [0.4, 0.5) is 5.69 Å². The molecule has 0 aliphatic carbocycles. The average Bonchev–Trinajstić information content (AvgIpc) is 3.31. The number of nitrogens with zero attached hydrogens (tertiary/aromatic N) is 4. The Hall–Kier alpha value is -1.55. The van der Waals surface area contributed by atoms with E-state index in [1.54, 1.807) is 0 Å². The quantitative estimate of drug-likeness (QED) is 0.255. The van der Waals surface area contributed by atoms with Crippen molar-refractivity contribution in [3.8, 4) is 0 Å². The van der Waals surface area contributed by atoms with E-state index in [0.29, 0.717) is 6.61 Å². The van der Waals surface area contributed by atoms with E-state index in [1.807, 2.05) is 11.0 Å². The highest BCUT2D eigenvalue weighted by Gasteiger charge is 2.30. The summed E-state index contributed by atoms with van der Waals surface area (Å²) in [4.78, 5) is 23.8. The Morgan fingerprint density at radius 3 is 2.53 bits per heavy atom. The molecule has 1 unspecified atom stereocenters. The third-order valence-electron chi connectivity index (χ3n) is 5.54. The van der Waals surface area contributed by atoms with Gasteiger partial charge in [-0.3, -0.25) is 9.79 Å². The predicted molar refractivity (Wildman–Crippen MR) is 133 cm³/mol. The second kappa shape index (κ2) is 13.0. The first kappa shape index (κ1) is 24.7. The molecule has 1 amide bonds. The van der Waals surface area contributed by atoms with E-state index in [9.17, 15) is 4.79 Å². The van der Waals surface area contributed by atoms with Crippen LogP contribution in [0.15, 0.2) is 35.3 Å². The molecule has 2 saturated heterocycles. The minimum atomic E-state index is -0.218. The number of carbonyl (C=O) groups excluding carboxylic acids is 1. The standard InChI is InChI=1S/C22H35N5O2.HI/c1-3-23-22(24-12-8-13-25(2)19-9-5-4-6-10-19)27-16-14-26(15-17-27)21(28)20-11-7-18-29-20;/h4-6,9-10,20H,3,7-8,11-18H2,1-2H3,(H,23,24);1H. The van der Waals surface area contributed by atoms with Crippen molar-refractivity contribution in [2.45, 2.75) is 32.3 Å². The number of ether oxygens (including phenoxy) is 1. The molecule has 0 saturated carbocycles. The maximum atomic E-state index is 12.5. The van der Waals surface area contributed by atoms with E-state index in [1.165, 1.54) is 5.69 Å². The third kappa shape index (κ3) is 7.01. The number of aliphatic imine (C=N–C) groups is 1. The van der Waals surface area contributed by atoms with Gasteiger partial charge in [-0.15, -0.1) is 24.0 Å². The zero-order valence-electron chi connectivity index (χ0n) is 18.3. The lowest BCUT2D eigenvalue weighted by molar-refractivity contribution is -0.142. The molecule has 2 aliphatic heterocycles. The summed E-state index contributed by atoms with van der Waals surface area (Å²) in [6, 6.07) is 10.4. The number of guanidine groups is 1. The van der Waals surface area contributed by atoms with Gasteiger partial charge in [-0.05, 0) is 38.3 Å². The number of hydrogen-bond acceptors (Lipinski definition) is 4. The number of benzene rings is 1. The zero-order valence-corrected chi connectivity index (χ0v) is 20.6. The summed E-state index contributed by atoms with van der Waals surface area (Å²) in [6.07, 6.45) is 2.64. The van der Waals surface area contributed by atoms with Crippen LogP contribution >= 0.6 is 24.0 Å². The molecule has 0 bridgehead atoms. The number of rotatable bonds is 7. The lowest BCUT2D eigenvalue weighted by atomic mass is 10.2. The molecular weight excluding hydrogens is 493 g/mol. The first-order valence-corrected chi connectivity index (χ1v) is 10.9. The molecule has 168 valence electrons. The van der Waals surface area contributed by atoms with Crippen molar-refractivity contribution in [3.05, 3.63) is 30.3 Å². The van der Waals surface area contributed by atoms with Crippen LogP contribution < -0.4 is 10.2 Å². The fourth-order valence-electron chi connectivity index (χ4n) is 3.84. The lowest BCUT2D eigenvalue weighted by Crippen LogP contribution is -2.55. The summed E-state index contributed by atoms with van der Waals surface area (Å²) in [5, 5.41) is 3.41. The van der Waals surface area contributed by atoms with E-state index in [2.05, 4.69) is 53.4 Å². The smallest absolute Gasteiger partial charge is 0.251 e.